The predicted molar refractivity (Wildman–Crippen MR) is 132 cm³/mol. The number of morpholine rings is 2. The van der Waals surface area contributed by atoms with E-state index in [4.69, 9.17) is 14.5 Å². The second-order valence-corrected chi connectivity index (χ2v) is 11.0. The Morgan fingerprint density at radius 3 is 2.50 bits per heavy atom. The first-order valence-electron chi connectivity index (χ1n) is 11.8. The Kier molecular flexibility index (Phi) is 7.10. The van der Waals surface area contributed by atoms with E-state index in [1.807, 2.05) is 36.5 Å². The molecule has 9 nitrogen and oxygen atoms in total. The summed E-state index contributed by atoms with van der Waals surface area (Å²) in [5.74, 6) is 1.35. The monoisotopic (exact) mass is 485 g/mol. The molecule has 2 fully saturated rings. The van der Waals surface area contributed by atoms with E-state index in [0.29, 0.717) is 31.2 Å². The fourth-order valence-electron chi connectivity index (χ4n) is 4.46. The van der Waals surface area contributed by atoms with Crippen LogP contribution in [0.4, 0.5) is 5.82 Å². The molecule has 2 aliphatic heterocycles. The lowest BCUT2D eigenvalue weighted by molar-refractivity contribution is 0.0381. The summed E-state index contributed by atoms with van der Waals surface area (Å²) in [6.45, 7) is 6.64. The van der Waals surface area contributed by atoms with E-state index in [9.17, 15) is 8.42 Å². The first-order chi connectivity index (χ1) is 16.6. The fourth-order valence-corrected chi connectivity index (χ4v) is 5.78. The molecule has 1 N–H and O–H groups in total. The van der Waals surface area contributed by atoms with Crippen LogP contribution in [-0.4, -0.2) is 93.2 Å². The summed E-state index contributed by atoms with van der Waals surface area (Å²) in [6, 6.07) is 9.83. The van der Waals surface area contributed by atoms with Crippen molar-refractivity contribution in [1.82, 2.24) is 19.9 Å². The van der Waals surface area contributed by atoms with Gasteiger partial charge in [-0.25, -0.2) is 18.4 Å². The molecule has 0 unspecified atom stereocenters. The smallest absolute Gasteiger partial charge is 0.161 e. The normalized spacial score (nSPS) is 17.9. The van der Waals surface area contributed by atoms with E-state index < -0.39 is 9.84 Å². The van der Waals surface area contributed by atoms with Crippen LogP contribution in [0.25, 0.3) is 22.3 Å². The van der Waals surface area contributed by atoms with E-state index in [1.54, 1.807) is 0 Å². The van der Waals surface area contributed by atoms with E-state index in [1.165, 1.54) is 0 Å². The number of hydrogen-bond acceptors (Lipinski definition) is 8. The number of nitrogens with one attached hydrogen (secondary N) is 1. The van der Waals surface area contributed by atoms with Gasteiger partial charge in [0.1, 0.15) is 5.82 Å². The number of nitrogens with zero attached hydrogens (tertiary/aromatic N) is 4. The van der Waals surface area contributed by atoms with E-state index >= 15 is 0 Å². The first kappa shape index (κ1) is 23.2. The molecule has 0 amide bonds. The van der Waals surface area contributed by atoms with Gasteiger partial charge in [-0.05, 0) is 37.2 Å². The molecule has 2 aromatic heterocycles. The Hall–Kier alpha value is -2.53. The molecule has 34 heavy (non-hydrogen) atoms. The summed E-state index contributed by atoms with van der Waals surface area (Å²) < 4.78 is 36.8. The van der Waals surface area contributed by atoms with E-state index in [0.717, 1.165) is 68.2 Å². The molecule has 0 atom stereocenters. The van der Waals surface area contributed by atoms with Crippen LogP contribution in [0.5, 0.6) is 0 Å². The number of sulfone groups is 1. The number of fused-ring (bicyclic) bond motifs is 1. The van der Waals surface area contributed by atoms with Gasteiger partial charge in [0.25, 0.3) is 0 Å². The van der Waals surface area contributed by atoms with Gasteiger partial charge in [-0.3, -0.25) is 4.90 Å². The van der Waals surface area contributed by atoms with Crippen LogP contribution in [0.3, 0.4) is 0 Å². The topological polar surface area (TPSA) is 101 Å². The SMILES string of the molecule is O=S(=O)(CCCN1CCOCC1)Cc1cc(N2CCOCC2)nc(-c2ccc3[nH]ccc3c2)n1. The number of aromatic amines is 1. The minimum Gasteiger partial charge on any atom is -0.379 e. The largest absolute Gasteiger partial charge is 0.379 e. The van der Waals surface area contributed by atoms with Gasteiger partial charge >= 0.3 is 0 Å². The standard InChI is InChI=1S/C24H31N5O4S/c30-34(31,15-1-6-28-7-11-32-12-8-28)18-21-17-23(29-9-13-33-14-10-29)27-24(26-21)20-2-3-22-19(16-20)4-5-25-22/h2-5,16-17,25H,1,6-15,18H2. The van der Waals surface area contributed by atoms with Crippen molar-refractivity contribution in [3.8, 4) is 11.4 Å². The molecule has 0 spiro atoms. The number of anilines is 1. The quantitative estimate of drug-likeness (QED) is 0.518. The number of benzene rings is 1. The minimum absolute atomic E-state index is 0.0879. The lowest BCUT2D eigenvalue weighted by Crippen LogP contribution is -2.37. The number of aromatic nitrogens is 3. The van der Waals surface area contributed by atoms with Crippen molar-refractivity contribution in [2.24, 2.45) is 0 Å². The highest BCUT2D eigenvalue weighted by Gasteiger charge is 2.20. The molecule has 0 radical (unpaired) electrons. The van der Waals surface area contributed by atoms with Gasteiger partial charge in [-0.2, -0.15) is 0 Å². The second kappa shape index (κ2) is 10.4. The Morgan fingerprint density at radius 1 is 0.941 bits per heavy atom. The highest BCUT2D eigenvalue weighted by molar-refractivity contribution is 7.90. The van der Waals surface area contributed by atoms with Gasteiger partial charge in [0.2, 0.25) is 0 Å². The molecule has 2 aliphatic rings. The maximum Gasteiger partial charge on any atom is 0.161 e. The van der Waals surface area contributed by atoms with Crippen molar-refractivity contribution in [2.45, 2.75) is 12.2 Å². The van der Waals surface area contributed by atoms with Crippen LogP contribution in [0, 0.1) is 0 Å². The van der Waals surface area contributed by atoms with Gasteiger partial charge in [0.05, 0.1) is 43.6 Å². The molecular weight excluding hydrogens is 454 g/mol. The summed E-state index contributed by atoms with van der Waals surface area (Å²) >= 11 is 0. The maximum absolute atomic E-state index is 13.0. The van der Waals surface area contributed by atoms with Crippen LogP contribution < -0.4 is 4.90 Å². The zero-order valence-corrected chi connectivity index (χ0v) is 20.1. The molecule has 2 saturated heterocycles. The third-order valence-electron chi connectivity index (χ3n) is 6.31. The molecule has 5 rings (SSSR count). The van der Waals surface area contributed by atoms with Gasteiger partial charge in [-0.1, -0.05) is 0 Å². The Bertz CT molecular complexity index is 1220. The zero-order chi connectivity index (χ0) is 23.4. The van der Waals surface area contributed by atoms with Crippen LogP contribution >= 0.6 is 0 Å². The van der Waals surface area contributed by atoms with Gasteiger partial charge < -0.3 is 19.4 Å². The molecule has 0 aliphatic carbocycles. The van der Waals surface area contributed by atoms with Crippen molar-refractivity contribution in [3.63, 3.8) is 0 Å². The first-order valence-corrected chi connectivity index (χ1v) is 13.7. The maximum atomic E-state index is 13.0. The van der Waals surface area contributed by atoms with Gasteiger partial charge in [0.15, 0.2) is 15.7 Å². The highest BCUT2D eigenvalue weighted by atomic mass is 32.2. The van der Waals surface area contributed by atoms with Crippen molar-refractivity contribution in [2.75, 3.05) is 69.8 Å². The Labute approximate surface area is 200 Å². The number of rotatable bonds is 8. The average Bonchev–Trinajstić information content (AvgIpc) is 3.33. The molecule has 0 bridgehead atoms. The van der Waals surface area contributed by atoms with E-state index in [-0.39, 0.29) is 11.5 Å². The molecule has 1 aromatic carbocycles. The summed E-state index contributed by atoms with van der Waals surface area (Å²) in [7, 11) is -3.30. The average molecular weight is 486 g/mol. The van der Waals surface area contributed by atoms with Crippen molar-refractivity contribution < 1.29 is 17.9 Å². The van der Waals surface area contributed by atoms with Crippen LogP contribution in [0.1, 0.15) is 12.1 Å². The minimum atomic E-state index is -3.30. The molecular formula is C24H31N5O4S. The highest BCUT2D eigenvalue weighted by Crippen LogP contribution is 2.25. The number of H-pyrrole nitrogens is 1. The third-order valence-corrected chi connectivity index (χ3v) is 7.96. The number of ether oxygens (including phenoxy) is 2. The Morgan fingerprint density at radius 2 is 1.71 bits per heavy atom. The second-order valence-electron chi connectivity index (χ2n) is 8.82. The molecule has 4 heterocycles. The number of hydrogen-bond donors (Lipinski definition) is 1. The molecule has 10 heteroatoms. The molecule has 182 valence electrons. The zero-order valence-electron chi connectivity index (χ0n) is 19.3. The third kappa shape index (κ3) is 5.75. The van der Waals surface area contributed by atoms with Crippen molar-refractivity contribution in [1.29, 1.82) is 0 Å². The predicted octanol–water partition coefficient (Wildman–Crippen LogP) is 2.10. The van der Waals surface area contributed by atoms with E-state index in [2.05, 4.69) is 19.8 Å². The lowest BCUT2D eigenvalue weighted by atomic mass is 10.1. The van der Waals surface area contributed by atoms with Crippen LogP contribution in [0.2, 0.25) is 0 Å². The fraction of sp³-hybridized carbons (Fsp3) is 0.500. The van der Waals surface area contributed by atoms with Crippen molar-refractivity contribution in [3.05, 3.63) is 42.2 Å². The summed E-state index contributed by atoms with van der Waals surface area (Å²) in [4.78, 5) is 17.1. The van der Waals surface area contributed by atoms with Crippen LogP contribution in [0.15, 0.2) is 36.5 Å². The lowest BCUT2D eigenvalue weighted by Gasteiger charge is -2.28. The van der Waals surface area contributed by atoms with Crippen LogP contribution in [-0.2, 0) is 25.1 Å². The van der Waals surface area contributed by atoms with Gasteiger partial charge in [0, 0.05) is 54.9 Å². The molecule has 3 aromatic rings. The molecule has 0 saturated carbocycles. The summed E-state index contributed by atoms with van der Waals surface area (Å²) in [5, 5.41) is 1.06. The summed E-state index contributed by atoms with van der Waals surface area (Å²) in [5.41, 5.74) is 2.44. The van der Waals surface area contributed by atoms with Crippen molar-refractivity contribution >= 4 is 26.6 Å². The Balaban J connectivity index is 1.37. The van der Waals surface area contributed by atoms with Gasteiger partial charge in [-0.15, -0.1) is 0 Å². The summed E-state index contributed by atoms with van der Waals surface area (Å²) in [6.07, 6.45) is 2.51.